The lowest BCUT2D eigenvalue weighted by Gasteiger charge is -2.08. The van der Waals surface area contributed by atoms with Crippen LogP contribution in [0.1, 0.15) is 11.1 Å². The van der Waals surface area contributed by atoms with Crippen LogP contribution in [0.2, 0.25) is 0 Å². The van der Waals surface area contributed by atoms with E-state index in [4.69, 9.17) is 0 Å². The van der Waals surface area contributed by atoms with Crippen LogP contribution in [0.25, 0.3) is 0 Å². The molecule has 3 N–H and O–H groups in total. The van der Waals surface area contributed by atoms with Gasteiger partial charge in [0, 0.05) is 12.2 Å². The molecule has 5 heteroatoms. The van der Waals surface area contributed by atoms with Crippen molar-refractivity contribution >= 4 is 17.6 Å². The molecule has 0 aromatic heterocycles. The topological polar surface area (TPSA) is 70.2 Å². The highest BCUT2D eigenvalue weighted by Crippen LogP contribution is 2.04. The Hall–Kier alpha value is -2.82. The summed E-state index contributed by atoms with van der Waals surface area (Å²) in [6.45, 7) is 2.38. The lowest BCUT2D eigenvalue weighted by Crippen LogP contribution is -2.38. The van der Waals surface area contributed by atoms with E-state index < -0.39 is 6.03 Å². The van der Waals surface area contributed by atoms with Gasteiger partial charge in [0.2, 0.25) is 5.91 Å². The summed E-state index contributed by atoms with van der Waals surface area (Å²) < 4.78 is 0. The number of amides is 3. The standard InChI is InChI=1S/C17H19N3O2/c1-13-6-5-7-14(10-13)11-18-16(21)12-19-17(22)20-15-8-3-2-4-9-15/h2-10H,11-12H2,1H3,(H,18,21)(H2,19,20,22). The molecule has 114 valence electrons. The summed E-state index contributed by atoms with van der Waals surface area (Å²) in [6, 6.07) is 16.6. The van der Waals surface area contributed by atoms with Gasteiger partial charge in [-0.05, 0) is 24.6 Å². The minimum atomic E-state index is -0.406. The molecule has 0 unspecified atom stereocenters. The first-order valence-corrected chi connectivity index (χ1v) is 7.05. The third kappa shape index (κ3) is 5.28. The molecule has 0 atom stereocenters. The van der Waals surface area contributed by atoms with Crippen molar-refractivity contribution in [2.75, 3.05) is 11.9 Å². The van der Waals surface area contributed by atoms with E-state index >= 15 is 0 Å². The van der Waals surface area contributed by atoms with Gasteiger partial charge in [-0.3, -0.25) is 4.79 Å². The second kappa shape index (κ2) is 7.83. The van der Waals surface area contributed by atoms with Crippen LogP contribution in [-0.2, 0) is 11.3 Å². The van der Waals surface area contributed by atoms with E-state index in [0.717, 1.165) is 11.1 Å². The van der Waals surface area contributed by atoms with Crippen molar-refractivity contribution in [2.45, 2.75) is 13.5 Å². The second-order valence-electron chi connectivity index (χ2n) is 4.94. The first-order chi connectivity index (χ1) is 10.6. The maximum atomic E-state index is 11.7. The molecule has 2 aromatic carbocycles. The van der Waals surface area contributed by atoms with Crippen molar-refractivity contribution < 1.29 is 9.59 Å². The van der Waals surface area contributed by atoms with E-state index in [9.17, 15) is 9.59 Å². The predicted octanol–water partition coefficient (Wildman–Crippen LogP) is 2.43. The molecule has 3 amide bonds. The SMILES string of the molecule is Cc1cccc(CNC(=O)CNC(=O)Nc2ccccc2)c1. The van der Waals surface area contributed by atoms with Crippen LogP contribution in [0.4, 0.5) is 10.5 Å². The summed E-state index contributed by atoms with van der Waals surface area (Å²) in [5.41, 5.74) is 2.86. The zero-order valence-electron chi connectivity index (χ0n) is 12.4. The van der Waals surface area contributed by atoms with Gasteiger partial charge in [-0.15, -0.1) is 0 Å². The van der Waals surface area contributed by atoms with E-state index in [1.807, 2.05) is 49.4 Å². The first kappa shape index (κ1) is 15.6. The fraction of sp³-hybridized carbons (Fsp3) is 0.176. The smallest absolute Gasteiger partial charge is 0.319 e. The Morgan fingerprint density at radius 3 is 2.45 bits per heavy atom. The Labute approximate surface area is 129 Å². The first-order valence-electron chi connectivity index (χ1n) is 7.05. The quantitative estimate of drug-likeness (QED) is 0.793. The molecule has 0 aliphatic carbocycles. The van der Waals surface area contributed by atoms with Gasteiger partial charge in [-0.2, -0.15) is 0 Å². The molecule has 0 saturated carbocycles. The number of urea groups is 1. The number of hydrogen-bond acceptors (Lipinski definition) is 2. The Bertz CT molecular complexity index is 641. The van der Waals surface area contributed by atoms with Gasteiger partial charge in [-0.1, -0.05) is 48.0 Å². The van der Waals surface area contributed by atoms with Gasteiger partial charge in [0.25, 0.3) is 0 Å². The average Bonchev–Trinajstić information content (AvgIpc) is 2.52. The summed E-state index contributed by atoms with van der Waals surface area (Å²) in [5.74, 6) is -0.232. The summed E-state index contributed by atoms with van der Waals surface area (Å²) in [5, 5.41) is 7.93. The molecule has 0 aliphatic rings. The number of rotatable bonds is 5. The highest BCUT2D eigenvalue weighted by atomic mass is 16.2. The number of anilines is 1. The summed E-state index contributed by atoms with van der Waals surface area (Å²) in [7, 11) is 0. The molecule has 0 radical (unpaired) electrons. The number of carbonyl (C=O) groups is 2. The number of para-hydroxylation sites is 1. The van der Waals surface area contributed by atoms with Crippen LogP contribution >= 0.6 is 0 Å². The third-order valence-electron chi connectivity index (χ3n) is 3.01. The van der Waals surface area contributed by atoms with Crippen molar-refractivity contribution in [1.29, 1.82) is 0 Å². The summed E-state index contributed by atoms with van der Waals surface area (Å²) in [4.78, 5) is 23.3. The molecule has 0 aliphatic heterocycles. The van der Waals surface area contributed by atoms with Gasteiger partial charge >= 0.3 is 6.03 Å². The van der Waals surface area contributed by atoms with Crippen molar-refractivity contribution in [3.05, 3.63) is 65.7 Å². The number of benzene rings is 2. The molecule has 0 heterocycles. The normalized spacial score (nSPS) is 9.86. The molecule has 0 saturated heterocycles. The van der Waals surface area contributed by atoms with Gasteiger partial charge in [0.15, 0.2) is 0 Å². The fourth-order valence-corrected chi connectivity index (χ4v) is 1.94. The molecule has 0 fully saturated rings. The van der Waals surface area contributed by atoms with Crippen LogP contribution in [-0.4, -0.2) is 18.5 Å². The lowest BCUT2D eigenvalue weighted by atomic mass is 10.1. The molecular weight excluding hydrogens is 278 g/mol. The maximum absolute atomic E-state index is 11.7. The van der Waals surface area contributed by atoms with E-state index in [1.165, 1.54) is 0 Å². The van der Waals surface area contributed by atoms with E-state index in [2.05, 4.69) is 16.0 Å². The number of carbonyl (C=O) groups excluding carboxylic acids is 2. The zero-order valence-corrected chi connectivity index (χ0v) is 12.4. The molecule has 0 bridgehead atoms. The van der Waals surface area contributed by atoms with Crippen LogP contribution in [0, 0.1) is 6.92 Å². The maximum Gasteiger partial charge on any atom is 0.319 e. The lowest BCUT2D eigenvalue weighted by molar-refractivity contribution is -0.120. The van der Waals surface area contributed by atoms with E-state index in [1.54, 1.807) is 12.1 Å². The average molecular weight is 297 g/mol. The van der Waals surface area contributed by atoms with Crippen molar-refractivity contribution in [3.8, 4) is 0 Å². The van der Waals surface area contributed by atoms with E-state index in [0.29, 0.717) is 12.2 Å². The molecule has 5 nitrogen and oxygen atoms in total. The Kier molecular flexibility index (Phi) is 5.54. The molecular formula is C17H19N3O2. The highest BCUT2D eigenvalue weighted by Gasteiger charge is 2.05. The second-order valence-corrected chi connectivity index (χ2v) is 4.94. The highest BCUT2D eigenvalue weighted by molar-refractivity contribution is 5.92. The Morgan fingerprint density at radius 2 is 1.73 bits per heavy atom. The van der Waals surface area contributed by atoms with Crippen molar-refractivity contribution in [2.24, 2.45) is 0 Å². The van der Waals surface area contributed by atoms with Gasteiger partial charge < -0.3 is 16.0 Å². The molecule has 2 rings (SSSR count). The molecule has 0 spiro atoms. The summed E-state index contributed by atoms with van der Waals surface area (Å²) >= 11 is 0. The zero-order chi connectivity index (χ0) is 15.8. The van der Waals surface area contributed by atoms with Crippen LogP contribution < -0.4 is 16.0 Å². The fourth-order valence-electron chi connectivity index (χ4n) is 1.94. The third-order valence-corrected chi connectivity index (χ3v) is 3.01. The number of nitrogens with one attached hydrogen (secondary N) is 3. The minimum absolute atomic E-state index is 0.0650. The number of aryl methyl sites for hydroxylation is 1. The van der Waals surface area contributed by atoms with E-state index in [-0.39, 0.29) is 12.5 Å². The van der Waals surface area contributed by atoms with Gasteiger partial charge in [0.05, 0.1) is 6.54 Å². The van der Waals surface area contributed by atoms with Crippen LogP contribution in [0.15, 0.2) is 54.6 Å². The minimum Gasteiger partial charge on any atom is -0.350 e. The van der Waals surface area contributed by atoms with Gasteiger partial charge in [0.1, 0.15) is 0 Å². The van der Waals surface area contributed by atoms with Crippen LogP contribution in [0.5, 0.6) is 0 Å². The Balaban J connectivity index is 1.70. The monoisotopic (exact) mass is 297 g/mol. The summed E-state index contributed by atoms with van der Waals surface area (Å²) in [6.07, 6.45) is 0. The number of hydrogen-bond donors (Lipinski definition) is 3. The Morgan fingerprint density at radius 1 is 0.955 bits per heavy atom. The largest absolute Gasteiger partial charge is 0.350 e. The van der Waals surface area contributed by atoms with Crippen LogP contribution in [0.3, 0.4) is 0 Å². The molecule has 2 aromatic rings. The molecule has 22 heavy (non-hydrogen) atoms. The predicted molar refractivity (Wildman–Crippen MR) is 86.5 cm³/mol. The van der Waals surface area contributed by atoms with Crippen molar-refractivity contribution in [1.82, 2.24) is 10.6 Å². The van der Waals surface area contributed by atoms with Crippen molar-refractivity contribution in [3.63, 3.8) is 0 Å². The van der Waals surface area contributed by atoms with Gasteiger partial charge in [-0.25, -0.2) is 4.79 Å².